The molecule has 0 aliphatic heterocycles. The van der Waals surface area contributed by atoms with Crippen LogP contribution >= 0.6 is 11.6 Å². The van der Waals surface area contributed by atoms with Gasteiger partial charge in [0.2, 0.25) is 10.0 Å². The molecule has 2 aliphatic rings. The molecule has 0 spiro atoms. The molecule has 11 heteroatoms. The Bertz CT molecular complexity index is 1170. The molecule has 2 saturated carbocycles. The number of benzene rings is 1. The van der Waals surface area contributed by atoms with Crippen LogP contribution < -0.4 is 39.8 Å². The van der Waals surface area contributed by atoms with Gasteiger partial charge in [0, 0.05) is 10.9 Å². The third kappa shape index (κ3) is 6.56. The van der Waals surface area contributed by atoms with Gasteiger partial charge in [-0.3, -0.25) is 9.59 Å². The molecule has 2 aromatic rings. The van der Waals surface area contributed by atoms with E-state index in [0.717, 1.165) is 25.7 Å². The maximum absolute atomic E-state index is 12.5. The predicted molar refractivity (Wildman–Crippen MR) is 116 cm³/mol. The number of hydrogen-bond acceptors (Lipinski definition) is 5. The first kappa shape index (κ1) is 27.7. The molecule has 8 nitrogen and oxygen atoms in total. The predicted octanol–water partition coefficient (Wildman–Crippen LogP) is -1.26. The van der Waals surface area contributed by atoms with Crippen LogP contribution in [0, 0.1) is 12.8 Å². The van der Waals surface area contributed by atoms with Crippen molar-refractivity contribution in [2.24, 2.45) is 5.41 Å². The minimum absolute atomic E-state index is 0. The minimum atomic E-state index is -3.71. The normalized spacial score (nSPS) is 17.4. The van der Waals surface area contributed by atoms with Crippen molar-refractivity contribution in [2.75, 3.05) is 5.88 Å². The van der Waals surface area contributed by atoms with E-state index in [1.165, 1.54) is 29.1 Å². The number of aromatic nitrogens is 2. The van der Waals surface area contributed by atoms with Gasteiger partial charge in [0.1, 0.15) is 0 Å². The molecular weight excluding hydrogens is 437 g/mol. The average Bonchev–Trinajstić information content (AvgIpc) is 3.57. The zero-order valence-electron chi connectivity index (χ0n) is 18.2. The summed E-state index contributed by atoms with van der Waals surface area (Å²) in [6.45, 7) is 4.41. The molecule has 1 heterocycles. The van der Waals surface area contributed by atoms with Crippen molar-refractivity contribution in [1.29, 1.82) is 0 Å². The van der Waals surface area contributed by atoms with Crippen molar-refractivity contribution in [3.8, 4) is 0 Å². The molecule has 0 unspecified atom stereocenters. The van der Waals surface area contributed by atoms with Gasteiger partial charge in [-0.15, -0.1) is 0 Å². The van der Waals surface area contributed by atoms with E-state index in [-0.39, 0.29) is 47.9 Å². The smallest absolute Gasteiger partial charge is 0.541 e. The van der Waals surface area contributed by atoms with Crippen molar-refractivity contribution in [3.05, 3.63) is 46.5 Å². The van der Waals surface area contributed by atoms with Gasteiger partial charge in [-0.2, -0.15) is 11.6 Å². The number of fused-ring (bicyclic) bond motifs is 1. The maximum atomic E-state index is 12.5. The maximum Gasteiger partial charge on any atom is 1.00 e. The molecule has 1 N–H and O–H groups in total. The zero-order chi connectivity index (χ0) is 21.4. The van der Waals surface area contributed by atoms with Crippen molar-refractivity contribution in [3.63, 3.8) is 0 Å². The number of carbonyl (C=O) groups excluding carboxylic acids is 1. The summed E-state index contributed by atoms with van der Waals surface area (Å²) in [5.41, 5.74) is -1.17. The summed E-state index contributed by atoms with van der Waals surface area (Å²) in [5.74, 6) is -0.0139. The molecule has 0 atom stereocenters. The van der Waals surface area contributed by atoms with Gasteiger partial charge in [-0.25, -0.2) is 19.4 Å². The van der Waals surface area contributed by atoms with Crippen LogP contribution in [0.15, 0.2) is 32.7 Å². The largest absolute Gasteiger partial charge is 1.00 e. The fourth-order valence-electron chi connectivity index (χ4n) is 2.98. The Morgan fingerprint density at radius 1 is 1.19 bits per heavy atom. The van der Waals surface area contributed by atoms with E-state index < -0.39 is 26.8 Å². The van der Waals surface area contributed by atoms with Crippen molar-refractivity contribution >= 4 is 38.8 Å². The summed E-state index contributed by atoms with van der Waals surface area (Å²) in [6, 6.07) is 4.31. The Morgan fingerprint density at radius 3 is 2.26 bits per heavy atom. The molecule has 31 heavy (non-hydrogen) atoms. The first-order valence-corrected chi connectivity index (χ1v) is 11.2. The van der Waals surface area contributed by atoms with Gasteiger partial charge in [0.05, 0.1) is 4.90 Å². The molecule has 166 valence electrons. The van der Waals surface area contributed by atoms with E-state index in [4.69, 9.17) is 16.4 Å². The summed E-state index contributed by atoms with van der Waals surface area (Å²) >= 11 is 4.76. The van der Waals surface area contributed by atoms with Crippen LogP contribution in [0.2, 0.25) is 0 Å². The molecule has 0 saturated heterocycles. The standard InChI is InChI=1S/C17H21N3O4S.C2H2ClO.CH3.Li/c1-16(5-6-16)10-20-13-4-3-11(9-12(13)14(21)18-15(20)22)25(23,24)19-17(2)7-8-17;3-1-2-4;;/h3-4,9,19H,5-8,10H2,1-2H3,(H,18,21,22);1H2;1H3;/q;2*-1;+1/p-1. The number of rotatable bonds is 6. The van der Waals surface area contributed by atoms with E-state index in [2.05, 4.69) is 16.6 Å². The molecule has 1 aromatic carbocycles. The Labute approximate surface area is 199 Å². The molecule has 0 radical (unpaired) electrons. The molecule has 2 fully saturated rings. The van der Waals surface area contributed by atoms with Crippen LogP contribution in [-0.2, 0) is 21.4 Å². The third-order valence-corrected chi connectivity index (χ3v) is 7.05. The molecule has 2 aliphatic carbocycles. The van der Waals surface area contributed by atoms with Crippen LogP contribution in [0.25, 0.3) is 10.9 Å². The van der Waals surface area contributed by atoms with E-state index in [1.807, 2.05) is 6.92 Å². The number of hydrogen-bond donors (Lipinski definition) is 1. The Hall–Kier alpha value is -1.37. The summed E-state index contributed by atoms with van der Waals surface area (Å²) in [4.78, 5) is 36.8. The monoisotopic (exact) mass is 461 g/mol. The molecule has 1 aromatic heterocycles. The summed E-state index contributed by atoms with van der Waals surface area (Å²) in [6.07, 6.45) is 5.09. The Morgan fingerprint density at radius 2 is 1.77 bits per heavy atom. The van der Waals surface area contributed by atoms with Crippen LogP contribution in [0.3, 0.4) is 0 Å². The van der Waals surface area contributed by atoms with Gasteiger partial charge in [0.15, 0.2) is 11.2 Å². The second-order valence-electron chi connectivity index (χ2n) is 8.22. The van der Waals surface area contributed by atoms with Crippen molar-refractivity contribution in [1.82, 2.24) is 14.3 Å². The van der Waals surface area contributed by atoms with E-state index in [0.29, 0.717) is 12.1 Å². The van der Waals surface area contributed by atoms with E-state index >= 15 is 0 Å². The fraction of sp³-hybridized carbons (Fsp3) is 0.500. The van der Waals surface area contributed by atoms with Crippen molar-refractivity contribution < 1.29 is 32.1 Å². The van der Waals surface area contributed by atoms with Gasteiger partial charge in [0.25, 0.3) is 0 Å². The summed E-state index contributed by atoms with van der Waals surface area (Å²) in [7, 11) is -3.71. The SMILES string of the molecule is CC1(Cn2c(=O)[n-]c(=O)c3cc(S(=O)(=O)NC4(C)CC4)ccc32)CC1.O=[C-]CCl.[CH3-].[Li+]. The topological polar surface area (TPSA) is 116 Å². The van der Waals surface area contributed by atoms with Crippen molar-refractivity contribution in [2.45, 2.75) is 56.5 Å². The van der Waals surface area contributed by atoms with Crippen LogP contribution in [-0.4, -0.2) is 30.7 Å². The quantitative estimate of drug-likeness (QED) is 0.326. The van der Waals surface area contributed by atoms with Crippen LogP contribution in [0.5, 0.6) is 0 Å². The summed E-state index contributed by atoms with van der Waals surface area (Å²) < 4.78 is 29.2. The van der Waals surface area contributed by atoms with Crippen LogP contribution in [0.4, 0.5) is 0 Å². The molecule has 4 rings (SSSR count). The average molecular weight is 462 g/mol. The molecular formula is C20H25ClLiN3O5S-2. The number of alkyl halides is 1. The minimum Gasteiger partial charge on any atom is -0.541 e. The second-order valence-corrected chi connectivity index (χ2v) is 10.2. The van der Waals surface area contributed by atoms with Gasteiger partial charge in [-0.1, -0.05) is 18.9 Å². The van der Waals surface area contributed by atoms with Gasteiger partial charge in [-0.05, 0) is 62.2 Å². The summed E-state index contributed by atoms with van der Waals surface area (Å²) in [5, 5.41) is 0.160. The zero-order valence-corrected chi connectivity index (χ0v) is 19.8. The molecule has 0 bridgehead atoms. The van der Waals surface area contributed by atoms with Crippen LogP contribution in [0.1, 0.15) is 39.5 Å². The number of halogens is 1. The Kier molecular flexibility index (Phi) is 8.97. The van der Waals surface area contributed by atoms with Gasteiger partial charge >= 0.3 is 18.9 Å². The molecule has 0 amide bonds. The third-order valence-electron chi connectivity index (χ3n) is 5.31. The first-order valence-electron chi connectivity index (χ1n) is 9.19. The first-order chi connectivity index (χ1) is 13.5. The van der Waals surface area contributed by atoms with Gasteiger partial charge < -0.3 is 21.8 Å². The fourth-order valence-corrected chi connectivity index (χ4v) is 4.47. The Balaban J connectivity index is 0.000000741. The number of sulfonamides is 1. The number of nitrogens with zero attached hydrogens (tertiary/aromatic N) is 2. The number of nitrogens with one attached hydrogen (secondary N) is 1. The van der Waals surface area contributed by atoms with E-state index in [9.17, 15) is 18.0 Å². The second kappa shape index (κ2) is 10.1. The van der Waals surface area contributed by atoms with E-state index in [1.54, 1.807) is 0 Å².